The van der Waals surface area contributed by atoms with Crippen LogP contribution in [0.5, 0.6) is 0 Å². The summed E-state index contributed by atoms with van der Waals surface area (Å²) in [5, 5.41) is 9.22. The lowest BCUT2D eigenvalue weighted by molar-refractivity contribution is 0.601. The van der Waals surface area contributed by atoms with Gasteiger partial charge in [-0.25, -0.2) is 8.42 Å². The first-order chi connectivity index (χ1) is 13.5. The van der Waals surface area contributed by atoms with E-state index < -0.39 is 10.0 Å². The van der Waals surface area contributed by atoms with Gasteiger partial charge in [0.2, 0.25) is 5.13 Å². The van der Waals surface area contributed by atoms with E-state index >= 15 is 0 Å². The van der Waals surface area contributed by atoms with E-state index in [9.17, 15) is 8.42 Å². The molecule has 3 aromatic carbocycles. The van der Waals surface area contributed by atoms with Crippen molar-refractivity contribution in [1.82, 2.24) is 10.2 Å². The summed E-state index contributed by atoms with van der Waals surface area (Å²) in [6, 6.07) is 23.7. The van der Waals surface area contributed by atoms with E-state index in [1.165, 1.54) is 0 Å². The molecule has 0 radical (unpaired) electrons. The van der Waals surface area contributed by atoms with E-state index in [1.54, 1.807) is 30.3 Å². The Morgan fingerprint density at radius 1 is 0.786 bits per heavy atom. The van der Waals surface area contributed by atoms with E-state index in [-0.39, 0.29) is 10.0 Å². The summed E-state index contributed by atoms with van der Waals surface area (Å²) in [6.45, 7) is 0. The van der Waals surface area contributed by atoms with Crippen molar-refractivity contribution in [3.8, 4) is 21.7 Å². The smallest absolute Gasteiger partial charge is 0.253 e. The van der Waals surface area contributed by atoms with Crippen LogP contribution in [0.2, 0.25) is 5.02 Å². The number of halogens is 1. The van der Waals surface area contributed by atoms with Gasteiger partial charge in [-0.3, -0.25) is 4.72 Å². The fourth-order valence-electron chi connectivity index (χ4n) is 2.64. The van der Waals surface area contributed by atoms with Crippen LogP contribution in [0.4, 0.5) is 5.13 Å². The third kappa shape index (κ3) is 3.91. The van der Waals surface area contributed by atoms with Gasteiger partial charge in [-0.05, 0) is 29.3 Å². The second-order valence-electron chi connectivity index (χ2n) is 5.89. The van der Waals surface area contributed by atoms with Crippen molar-refractivity contribution in [3.05, 3.63) is 83.9 Å². The Labute approximate surface area is 171 Å². The molecular weight excluding hydrogens is 414 g/mol. The standard InChI is InChI=1S/C20H14ClN3O2S2/c21-18-9-5-4-8-17(18)19-22-23-20(27-19)24-28(25,26)16-12-10-15(11-13-16)14-6-2-1-3-7-14/h1-13H,(H,23,24). The van der Waals surface area contributed by atoms with Gasteiger partial charge in [0.25, 0.3) is 10.0 Å². The van der Waals surface area contributed by atoms with Crippen LogP contribution in [-0.2, 0) is 10.0 Å². The quantitative estimate of drug-likeness (QED) is 0.467. The molecule has 0 saturated carbocycles. The van der Waals surface area contributed by atoms with E-state index in [0.29, 0.717) is 15.6 Å². The van der Waals surface area contributed by atoms with Crippen molar-refractivity contribution in [2.75, 3.05) is 4.72 Å². The van der Waals surface area contributed by atoms with Crippen molar-refractivity contribution in [3.63, 3.8) is 0 Å². The highest BCUT2D eigenvalue weighted by Crippen LogP contribution is 2.32. The summed E-state index contributed by atoms with van der Waals surface area (Å²) in [5.74, 6) is 0. The zero-order chi connectivity index (χ0) is 19.6. The predicted octanol–water partition coefficient (Wildman–Crippen LogP) is 5.33. The number of benzene rings is 3. The zero-order valence-electron chi connectivity index (χ0n) is 14.4. The molecule has 0 aliphatic rings. The minimum Gasteiger partial charge on any atom is -0.253 e. The monoisotopic (exact) mass is 427 g/mol. The number of rotatable bonds is 5. The molecule has 4 aromatic rings. The second-order valence-corrected chi connectivity index (χ2v) is 8.96. The predicted molar refractivity (Wildman–Crippen MR) is 113 cm³/mol. The van der Waals surface area contributed by atoms with Crippen molar-refractivity contribution >= 4 is 38.1 Å². The average molecular weight is 428 g/mol. The van der Waals surface area contributed by atoms with E-state index in [4.69, 9.17) is 11.6 Å². The number of nitrogens with one attached hydrogen (secondary N) is 1. The Morgan fingerprint density at radius 2 is 1.43 bits per heavy atom. The van der Waals surface area contributed by atoms with Crippen LogP contribution in [0, 0.1) is 0 Å². The molecule has 1 aromatic heterocycles. The van der Waals surface area contributed by atoms with Crippen LogP contribution < -0.4 is 4.72 Å². The maximum absolute atomic E-state index is 12.7. The molecule has 4 rings (SSSR count). The molecule has 28 heavy (non-hydrogen) atoms. The Morgan fingerprint density at radius 3 is 2.14 bits per heavy atom. The number of anilines is 1. The van der Waals surface area contributed by atoms with Crippen LogP contribution in [0.1, 0.15) is 0 Å². The third-order valence-corrected chi connectivity index (χ3v) is 6.71. The van der Waals surface area contributed by atoms with Gasteiger partial charge in [0.05, 0.1) is 9.92 Å². The molecule has 0 spiro atoms. The van der Waals surface area contributed by atoms with Crippen molar-refractivity contribution < 1.29 is 8.42 Å². The number of hydrogen-bond acceptors (Lipinski definition) is 5. The highest BCUT2D eigenvalue weighted by atomic mass is 35.5. The van der Waals surface area contributed by atoms with Gasteiger partial charge < -0.3 is 0 Å². The molecule has 140 valence electrons. The van der Waals surface area contributed by atoms with E-state index in [1.807, 2.05) is 48.5 Å². The molecule has 0 fully saturated rings. The maximum Gasteiger partial charge on any atom is 0.263 e. The lowest BCUT2D eigenvalue weighted by Crippen LogP contribution is -2.12. The summed E-state index contributed by atoms with van der Waals surface area (Å²) in [5.41, 5.74) is 2.67. The SMILES string of the molecule is O=S(=O)(Nc1nnc(-c2ccccc2Cl)s1)c1ccc(-c2ccccc2)cc1. The Kier molecular flexibility index (Phi) is 5.13. The molecular formula is C20H14ClN3O2S2. The van der Waals surface area contributed by atoms with Gasteiger partial charge in [-0.2, -0.15) is 0 Å². The van der Waals surface area contributed by atoms with Gasteiger partial charge in [-0.1, -0.05) is 83.6 Å². The van der Waals surface area contributed by atoms with E-state index in [0.717, 1.165) is 22.5 Å². The molecule has 0 atom stereocenters. The lowest BCUT2D eigenvalue weighted by Gasteiger charge is -2.06. The summed E-state index contributed by atoms with van der Waals surface area (Å²) >= 11 is 7.29. The Bertz CT molecular complexity index is 1210. The lowest BCUT2D eigenvalue weighted by atomic mass is 10.1. The minimum atomic E-state index is -3.77. The van der Waals surface area contributed by atoms with Crippen LogP contribution >= 0.6 is 22.9 Å². The number of nitrogens with zero attached hydrogens (tertiary/aromatic N) is 2. The Hall–Kier alpha value is -2.74. The van der Waals surface area contributed by atoms with Gasteiger partial charge >= 0.3 is 0 Å². The summed E-state index contributed by atoms with van der Waals surface area (Å²) in [4.78, 5) is 0.154. The summed E-state index contributed by atoms with van der Waals surface area (Å²) in [6.07, 6.45) is 0. The van der Waals surface area contributed by atoms with Crippen LogP contribution in [0.3, 0.4) is 0 Å². The van der Waals surface area contributed by atoms with Crippen molar-refractivity contribution in [1.29, 1.82) is 0 Å². The number of sulfonamides is 1. The highest BCUT2D eigenvalue weighted by Gasteiger charge is 2.18. The first-order valence-electron chi connectivity index (χ1n) is 8.30. The maximum atomic E-state index is 12.7. The van der Waals surface area contributed by atoms with Crippen LogP contribution in [0.25, 0.3) is 21.7 Å². The van der Waals surface area contributed by atoms with Crippen LogP contribution in [-0.4, -0.2) is 18.6 Å². The first kappa shape index (κ1) is 18.6. The molecule has 0 saturated heterocycles. The molecule has 1 heterocycles. The molecule has 0 amide bonds. The molecule has 0 aliphatic carbocycles. The van der Waals surface area contributed by atoms with Gasteiger partial charge in [0, 0.05) is 5.56 Å². The molecule has 1 N–H and O–H groups in total. The fraction of sp³-hybridized carbons (Fsp3) is 0. The highest BCUT2D eigenvalue weighted by molar-refractivity contribution is 7.93. The molecule has 0 bridgehead atoms. The summed E-state index contributed by atoms with van der Waals surface area (Å²) < 4.78 is 27.8. The van der Waals surface area contributed by atoms with Gasteiger partial charge in [0.1, 0.15) is 0 Å². The fourth-order valence-corrected chi connectivity index (χ4v) is 4.93. The minimum absolute atomic E-state index is 0.154. The molecule has 0 aliphatic heterocycles. The second kappa shape index (κ2) is 7.71. The Balaban J connectivity index is 1.56. The zero-order valence-corrected chi connectivity index (χ0v) is 16.8. The largest absolute Gasteiger partial charge is 0.263 e. The first-order valence-corrected chi connectivity index (χ1v) is 11.0. The van der Waals surface area contributed by atoms with Crippen molar-refractivity contribution in [2.24, 2.45) is 0 Å². The topological polar surface area (TPSA) is 72.0 Å². The normalized spacial score (nSPS) is 11.3. The number of hydrogen-bond donors (Lipinski definition) is 1. The van der Waals surface area contributed by atoms with E-state index in [2.05, 4.69) is 14.9 Å². The van der Waals surface area contributed by atoms with Crippen LogP contribution in [0.15, 0.2) is 83.8 Å². The molecule has 8 heteroatoms. The molecule has 5 nitrogen and oxygen atoms in total. The third-order valence-electron chi connectivity index (χ3n) is 4.02. The van der Waals surface area contributed by atoms with Gasteiger partial charge in [0.15, 0.2) is 5.01 Å². The number of aromatic nitrogens is 2. The average Bonchev–Trinajstić information content (AvgIpc) is 3.16. The summed E-state index contributed by atoms with van der Waals surface area (Å²) in [7, 11) is -3.77. The van der Waals surface area contributed by atoms with Crippen molar-refractivity contribution in [2.45, 2.75) is 4.90 Å². The van der Waals surface area contributed by atoms with Gasteiger partial charge in [-0.15, -0.1) is 10.2 Å². The molecule has 0 unspecified atom stereocenters.